The van der Waals surface area contributed by atoms with Crippen molar-refractivity contribution in [2.75, 3.05) is 11.9 Å². The molecule has 27 heavy (non-hydrogen) atoms. The highest BCUT2D eigenvalue weighted by Crippen LogP contribution is 2.17. The average Bonchev–Trinajstić information content (AvgIpc) is 3.17. The Morgan fingerprint density at radius 2 is 1.89 bits per heavy atom. The third-order valence-electron chi connectivity index (χ3n) is 4.28. The quantitative estimate of drug-likeness (QED) is 0.505. The molecule has 0 aliphatic carbocycles. The zero-order chi connectivity index (χ0) is 19.1. The molecule has 1 saturated heterocycles. The van der Waals surface area contributed by atoms with E-state index in [2.05, 4.69) is 25.8 Å². The normalized spacial score (nSPS) is 14.3. The van der Waals surface area contributed by atoms with Crippen molar-refractivity contribution in [1.82, 2.24) is 25.4 Å². The zero-order valence-corrected chi connectivity index (χ0v) is 14.9. The standard InChI is InChI=1S/C18H22N6O3/c25-16-4-1-5-17(26)24(16)11-13-6-8-14(9-7-13)22-18(27)19-10-2-3-15-20-12-21-23-15/h6-9,12H,1-5,10-11H2,(H2,19,22,27)(H,20,21,23). The van der Waals surface area contributed by atoms with Gasteiger partial charge >= 0.3 is 6.03 Å². The van der Waals surface area contributed by atoms with Gasteiger partial charge in [-0.25, -0.2) is 9.78 Å². The second-order valence-corrected chi connectivity index (χ2v) is 6.34. The van der Waals surface area contributed by atoms with Crippen molar-refractivity contribution in [1.29, 1.82) is 0 Å². The van der Waals surface area contributed by atoms with Crippen molar-refractivity contribution in [2.24, 2.45) is 0 Å². The summed E-state index contributed by atoms with van der Waals surface area (Å²) in [5, 5.41) is 12.1. The van der Waals surface area contributed by atoms with Gasteiger partial charge in [-0.2, -0.15) is 5.10 Å². The molecule has 4 amide bonds. The van der Waals surface area contributed by atoms with Gasteiger partial charge in [0.15, 0.2) is 0 Å². The van der Waals surface area contributed by atoms with E-state index >= 15 is 0 Å². The highest BCUT2D eigenvalue weighted by molar-refractivity contribution is 5.97. The van der Waals surface area contributed by atoms with Crippen LogP contribution >= 0.6 is 0 Å². The number of H-pyrrole nitrogens is 1. The summed E-state index contributed by atoms with van der Waals surface area (Å²) in [4.78, 5) is 40.9. The van der Waals surface area contributed by atoms with Crippen LogP contribution in [0.5, 0.6) is 0 Å². The Labute approximate surface area is 156 Å². The van der Waals surface area contributed by atoms with Crippen LogP contribution < -0.4 is 10.6 Å². The number of aryl methyl sites for hydroxylation is 1. The number of aromatic nitrogens is 3. The molecule has 3 rings (SSSR count). The second kappa shape index (κ2) is 8.93. The maximum atomic E-state index is 11.9. The van der Waals surface area contributed by atoms with Gasteiger partial charge in [-0.1, -0.05) is 12.1 Å². The summed E-state index contributed by atoms with van der Waals surface area (Å²) in [5.41, 5.74) is 1.49. The number of carbonyl (C=O) groups is 3. The summed E-state index contributed by atoms with van der Waals surface area (Å²) in [6.07, 6.45) is 4.38. The van der Waals surface area contributed by atoms with Gasteiger partial charge in [-0.15, -0.1) is 0 Å². The minimum Gasteiger partial charge on any atom is -0.338 e. The van der Waals surface area contributed by atoms with Crippen LogP contribution in [0.15, 0.2) is 30.6 Å². The summed E-state index contributed by atoms with van der Waals surface area (Å²) in [6, 6.07) is 6.82. The van der Waals surface area contributed by atoms with Gasteiger partial charge in [0.2, 0.25) is 11.8 Å². The van der Waals surface area contributed by atoms with E-state index in [1.54, 1.807) is 24.3 Å². The molecule has 1 aromatic heterocycles. The number of nitrogens with one attached hydrogen (secondary N) is 3. The number of rotatable bonds is 7. The molecule has 1 aliphatic rings. The van der Waals surface area contributed by atoms with Crippen LogP contribution in [0.1, 0.15) is 37.1 Å². The maximum Gasteiger partial charge on any atom is 0.319 e. The van der Waals surface area contributed by atoms with Gasteiger partial charge in [-0.3, -0.25) is 19.6 Å². The summed E-state index contributed by atoms with van der Waals surface area (Å²) in [6.45, 7) is 0.787. The van der Waals surface area contributed by atoms with Crippen molar-refractivity contribution in [3.05, 3.63) is 42.0 Å². The number of hydrogen-bond donors (Lipinski definition) is 3. The van der Waals surface area contributed by atoms with Crippen molar-refractivity contribution in [3.8, 4) is 0 Å². The fourth-order valence-electron chi connectivity index (χ4n) is 2.84. The van der Waals surface area contributed by atoms with Gasteiger partial charge in [-0.05, 0) is 30.5 Å². The van der Waals surface area contributed by atoms with Crippen LogP contribution in [0, 0.1) is 0 Å². The Hall–Kier alpha value is -3.23. The fraction of sp³-hybridized carbons (Fsp3) is 0.389. The molecule has 0 bridgehead atoms. The number of carbonyl (C=O) groups excluding carboxylic acids is 3. The second-order valence-electron chi connectivity index (χ2n) is 6.34. The number of hydrogen-bond acceptors (Lipinski definition) is 5. The predicted octanol–water partition coefficient (Wildman–Crippen LogP) is 1.60. The molecular formula is C18H22N6O3. The lowest BCUT2D eigenvalue weighted by molar-refractivity contribution is -0.148. The Morgan fingerprint density at radius 3 is 2.56 bits per heavy atom. The van der Waals surface area contributed by atoms with E-state index in [4.69, 9.17) is 0 Å². The first-order chi connectivity index (χ1) is 13.1. The molecule has 1 aromatic carbocycles. The molecule has 142 valence electrons. The summed E-state index contributed by atoms with van der Waals surface area (Å²) >= 11 is 0. The SMILES string of the molecule is O=C(NCCCc1ncn[nH]1)Nc1ccc(CN2C(=O)CCCC2=O)cc1. The van der Waals surface area contributed by atoms with Crippen LogP contribution in [0.3, 0.4) is 0 Å². The number of amides is 4. The molecule has 0 atom stereocenters. The number of nitrogens with zero attached hydrogens (tertiary/aromatic N) is 3. The first kappa shape index (κ1) is 18.6. The molecule has 0 radical (unpaired) electrons. The number of likely N-dealkylation sites (tertiary alicyclic amines) is 1. The van der Waals surface area contributed by atoms with Gasteiger partial charge in [0.1, 0.15) is 12.2 Å². The van der Waals surface area contributed by atoms with Gasteiger partial charge in [0.25, 0.3) is 0 Å². The van der Waals surface area contributed by atoms with Crippen LogP contribution in [0.4, 0.5) is 10.5 Å². The molecule has 1 aliphatic heterocycles. The molecule has 3 N–H and O–H groups in total. The number of aromatic amines is 1. The van der Waals surface area contributed by atoms with Crippen molar-refractivity contribution >= 4 is 23.5 Å². The molecular weight excluding hydrogens is 348 g/mol. The van der Waals surface area contributed by atoms with E-state index in [1.165, 1.54) is 11.2 Å². The highest BCUT2D eigenvalue weighted by atomic mass is 16.2. The molecule has 0 spiro atoms. The number of anilines is 1. The Morgan fingerprint density at radius 1 is 1.15 bits per heavy atom. The average molecular weight is 370 g/mol. The maximum absolute atomic E-state index is 11.9. The number of urea groups is 1. The Kier molecular flexibility index (Phi) is 6.14. The third kappa shape index (κ3) is 5.37. The van der Waals surface area contributed by atoms with E-state index in [-0.39, 0.29) is 24.4 Å². The molecule has 0 unspecified atom stereocenters. The van der Waals surface area contributed by atoms with Crippen LogP contribution in [-0.2, 0) is 22.6 Å². The molecule has 2 heterocycles. The van der Waals surface area contributed by atoms with Gasteiger partial charge < -0.3 is 10.6 Å². The van der Waals surface area contributed by atoms with E-state index in [9.17, 15) is 14.4 Å². The molecule has 2 aromatic rings. The van der Waals surface area contributed by atoms with Crippen molar-refractivity contribution in [3.63, 3.8) is 0 Å². The highest BCUT2D eigenvalue weighted by Gasteiger charge is 2.25. The van der Waals surface area contributed by atoms with E-state index in [0.717, 1.165) is 17.8 Å². The number of benzene rings is 1. The Bertz CT molecular complexity index is 772. The summed E-state index contributed by atoms with van der Waals surface area (Å²) in [5.74, 6) is 0.537. The lowest BCUT2D eigenvalue weighted by atomic mass is 10.1. The summed E-state index contributed by atoms with van der Waals surface area (Å²) in [7, 11) is 0. The van der Waals surface area contributed by atoms with E-state index < -0.39 is 0 Å². The smallest absolute Gasteiger partial charge is 0.319 e. The largest absolute Gasteiger partial charge is 0.338 e. The first-order valence-corrected chi connectivity index (χ1v) is 8.93. The predicted molar refractivity (Wildman–Crippen MR) is 97.6 cm³/mol. The molecule has 0 saturated carbocycles. The lowest BCUT2D eigenvalue weighted by Crippen LogP contribution is -2.39. The minimum absolute atomic E-state index is 0.127. The van der Waals surface area contributed by atoms with E-state index in [0.29, 0.717) is 37.9 Å². The monoisotopic (exact) mass is 370 g/mol. The zero-order valence-electron chi connectivity index (χ0n) is 14.9. The van der Waals surface area contributed by atoms with Crippen molar-refractivity contribution < 1.29 is 14.4 Å². The van der Waals surface area contributed by atoms with Crippen LogP contribution in [0.25, 0.3) is 0 Å². The first-order valence-electron chi connectivity index (χ1n) is 8.93. The molecule has 9 heteroatoms. The number of piperidine rings is 1. The van der Waals surface area contributed by atoms with Gasteiger partial charge in [0, 0.05) is 31.5 Å². The molecule has 1 fully saturated rings. The number of imide groups is 1. The van der Waals surface area contributed by atoms with Gasteiger partial charge in [0.05, 0.1) is 6.54 Å². The lowest BCUT2D eigenvalue weighted by Gasteiger charge is -2.24. The minimum atomic E-state index is -0.290. The Balaban J connectivity index is 1.42. The van der Waals surface area contributed by atoms with Crippen molar-refractivity contribution in [2.45, 2.75) is 38.6 Å². The topological polar surface area (TPSA) is 120 Å². The van der Waals surface area contributed by atoms with Crippen LogP contribution in [0.2, 0.25) is 0 Å². The summed E-state index contributed by atoms with van der Waals surface area (Å²) < 4.78 is 0. The third-order valence-corrected chi connectivity index (χ3v) is 4.28. The van der Waals surface area contributed by atoms with Crippen LogP contribution in [-0.4, -0.2) is 44.5 Å². The molecule has 9 nitrogen and oxygen atoms in total. The van der Waals surface area contributed by atoms with E-state index in [1.807, 2.05) is 0 Å². The fourth-order valence-corrected chi connectivity index (χ4v) is 2.84.